The molecule has 1 aliphatic rings. The average Bonchev–Trinajstić information content (AvgIpc) is 3.15. The number of benzene rings is 3. The molecular weight excluding hydrogens is 556 g/mol. The molecule has 2 amide bonds. The van der Waals surface area contributed by atoms with Gasteiger partial charge in [0, 0.05) is 10.6 Å². The Morgan fingerprint density at radius 3 is 2.47 bits per heavy atom. The van der Waals surface area contributed by atoms with Gasteiger partial charge in [-0.15, -0.1) is 0 Å². The molecule has 0 atom stereocenters. The average molecular weight is 576 g/mol. The smallest absolute Gasteiger partial charge is 0.343 e. The fraction of sp³-hybridized carbons (Fsp3) is 0.148. The number of halogens is 3. The second-order valence-corrected chi connectivity index (χ2v) is 9.66. The number of methoxy groups -OCH3 is 1. The molecule has 0 saturated carbocycles. The van der Waals surface area contributed by atoms with Gasteiger partial charge in [-0.3, -0.25) is 14.5 Å². The first kappa shape index (κ1) is 27.5. The van der Waals surface area contributed by atoms with Crippen molar-refractivity contribution in [3.63, 3.8) is 0 Å². The van der Waals surface area contributed by atoms with Crippen LogP contribution in [0.25, 0.3) is 6.08 Å². The zero-order valence-electron chi connectivity index (χ0n) is 20.1. The second-order valence-electron chi connectivity index (χ2n) is 7.85. The summed E-state index contributed by atoms with van der Waals surface area (Å²) in [6, 6.07) is 13.5. The molecule has 38 heavy (non-hydrogen) atoms. The normalized spacial score (nSPS) is 14.2. The van der Waals surface area contributed by atoms with Crippen LogP contribution in [0.3, 0.4) is 0 Å². The van der Waals surface area contributed by atoms with Crippen molar-refractivity contribution in [3.8, 4) is 17.2 Å². The first-order valence-corrected chi connectivity index (χ1v) is 12.8. The summed E-state index contributed by atoms with van der Waals surface area (Å²) in [5, 5.41) is -0.399. The maximum Gasteiger partial charge on any atom is 0.343 e. The molecule has 1 aliphatic heterocycles. The molecule has 0 radical (unpaired) electrons. The van der Waals surface area contributed by atoms with Gasteiger partial charge >= 0.3 is 5.97 Å². The van der Waals surface area contributed by atoms with E-state index in [1.807, 2.05) is 0 Å². The predicted octanol–water partition coefficient (Wildman–Crippen LogP) is 7.00. The Morgan fingerprint density at radius 2 is 1.82 bits per heavy atom. The highest BCUT2D eigenvalue weighted by atomic mass is 35.5. The first-order chi connectivity index (χ1) is 18.2. The van der Waals surface area contributed by atoms with E-state index in [4.69, 9.17) is 37.4 Å². The number of carbonyl (C=O) groups is 3. The number of imide groups is 1. The van der Waals surface area contributed by atoms with Crippen molar-refractivity contribution >= 4 is 58.2 Å². The number of amides is 2. The summed E-state index contributed by atoms with van der Waals surface area (Å²) in [7, 11) is 1.52. The lowest BCUT2D eigenvalue weighted by molar-refractivity contribution is -0.123. The Labute approximate surface area is 232 Å². The minimum Gasteiger partial charge on any atom is -0.497 e. The third-order valence-corrected chi connectivity index (χ3v) is 6.94. The largest absolute Gasteiger partial charge is 0.497 e. The van der Waals surface area contributed by atoms with Crippen LogP contribution in [0.4, 0.5) is 9.18 Å². The monoisotopic (exact) mass is 575 g/mol. The van der Waals surface area contributed by atoms with Crippen LogP contribution in [-0.4, -0.2) is 35.7 Å². The van der Waals surface area contributed by atoms with Gasteiger partial charge in [0.05, 0.1) is 35.8 Å². The fourth-order valence-electron chi connectivity index (χ4n) is 3.54. The predicted molar refractivity (Wildman–Crippen MR) is 143 cm³/mol. The van der Waals surface area contributed by atoms with Crippen LogP contribution in [0.15, 0.2) is 59.5 Å². The standard InChI is InChI=1S/C27H20Cl2FNO6S/c1-3-36-22-12-15(11-20(29)24(22)37-26(33)16-7-9-17(35-2)10-8-16)13-23-25(32)31(27(34)38-23)14-18-19(28)5-4-6-21(18)30/h4-13H,3,14H2,1-2H3/b23-13-. The number of carbonyl (C=O) groups excluding carboxylic acids is 3. The Morgan fingerprint density at radius 1 is 1.08 bits per heavy atom. The van der Waals surface area contributed by atoms with E-state index in [2.05, 4.69) is 0 Å². The minimum absolute atomic E-state index is 0.00813. The van der Waals surface area contributed by atoms with Gasteiger partial charge in [0.25, 0.3) is 11.1 Å². The summed E-state index contributed by atoms with van der Waals surface area (Å²) in [5.74, 6) is -1.12. The summed E-state index contributed by atoms with van der Waals surface area (Å²) >= 11 is 13.2. The molecule has 0 N–H and O–H groups in total. The number of nitrogens with zero attached hydrogens (tertiary/aromatic N) is 1. The van der Waals surface area contributed by atoms with Gasteiger partial charge in [-0.25, -0.2) is 9.18 Å². The number of esters is 1. The highest BCUT2D eigenvalue weighted by molar-refractivity contribution is 8.18. The Balaban J connectivity index is 1.59. The van der Waals surface area contributed by atoms with Crippen LogP contribution < -0.4 is 14.2 Å². The van der Waals surface area contributed by atoms with Crippen molar-refractivity contribution in [3.05, 3.63) is 92.1 Å². The van der Waals surface area contributed by atoms with Crippen molar-refractivity contribution in [1.82, 2.24) is 4.90 Å². The van der Waals surface area contributed by atoms with Crippen molar-refractivity contribution in [2.45, 2.75) is 13.5 Å². The van der Waals surface area contributed by atoms with Crippen molar-refractivity contribution < 1.29 is 33.0 Å². The van der Waals surface area contributed by atoms with Crippen LogP contribution in [-0.2, 0) is 11.3 Å². The topological polar surface area (TPSA) is 82.1 Å². The van der Waals surface area contributed by atoms with Gasteiger partial charge in [0.1, 0.15) is 11.6 Å². The van der Waals surface area contributed by atoms with Gasteiger partial charge in [-0.2, -0.15) is 0 Å². The molecule has 0 bridgehead atoms. The molecule has 1 fully saturated rings. The third-order valence-electron chi connectivity index (χ3n) is 5.40. The van der Waals surface area contributed by atoms with E-state index >= 15 is 0 Å². The van der Waals surface area contributed by atoms with Crippen LogP contribution >= 0.6 is 35.0 Å². The second kappa shape index (κ2) is 11.9. The van der Waals surface area contributed by atoms with Gasteiger partial charge in [-0.05, 0) is 78.9 Å². The lowest BCUT2D eigenvalue weighted by atomic mass is 10.1. The van der Waals surface area contributed by atoms with E-state index in [0.717, 1.165) is 4.90 Å². The summed E-state index contributed by atoms with van der Waals surface area (Å²) in [6.45, 7) is 1.68. The molecule has 1 heterocycles. The number of ether oxygens (including phenoxy) is 3. The minimum atomic E-state index is -0.656. The summed E-state index contributed by atoms with van der Waals surface area (Å²) in [5.41, 5.74) is 0.747. The summed E-state index contributed by atoms with van der Waals surface area (Å²) < 4.78 is 30.5. The van der Waals surface area contributed by atoms with E-state index in [0.29, 0.717) is 23.1 Å². The van der Waals surface area contributed by atoms with E-state index < -0.39 is 22.9 Å². The zero-order chi connectivity index (χ0) is 27.4. The Bertz CT molecular complexity index is 1420. The summed E-state index contributed by atoms with van der Waals surface area (Å²) in [4.78, 5) is 39.2. The van der Waals surface area contributed by atoms with E-state index in [-0.39, 0.29) is 50.7 Å². The molecular formula is C27H20Cl2FNO6S. The van der Waals surface area contributed by atoms with Crippen LogP contribution in [0, 0.1) is 5.82 Å². The van der Waals surface area contributed by atoms with Crippen molar-refractivity contribution in [2.75, 3.05) is 13.7 Å². The van der Waals surface area contributed by atoms with Crippen molar-refractivity contribution in [2.24, 2.45) is 0 Å². The summed E-state index contributed by atoms with van der Waals surface area (Å²) in [6.07, 6.45) is 1.46. The van der Waals surface area contributed by atoms with Gasteiger partial charge < -0.3 is 14.2 Å². The molecule has 7 nitrogen and oxygen atoms in total. The molecule has 0 spiro atoms. The maximum absolute atomic E-state index is 14.2. The zero-order valence-corrected chi connectivity index (χ0v) is 22.5. The SMILES string of the molecule is CCOc1cc(/C=C2\SC(=O)N(Cc3c(F)cccc3Cl)C2=O)cc(Cl)c1OC(=O)c1ccc(OC)cc1. The van der Waals surface area contributed by atoms with Gasteiger partial charge in [0.2, 0.25) is 0 Å². The van der Waals surface area contributed by atoms with Gasteiger partial charge in [0.15, 0.2) is 11.5 Å². The molecule has 1 saturated heterocycles. The fourth-order valence-corrected chi connectivity index (χ4v) is 4.86. The van der Waals surface area contributed by atoms with Crippen LogP contribution in [0.2, 0.25) is 10.0 Å². The Kier molecular flexibility index (Phi) is 8.61. The number of rotatable bonds is 8. The number of hydrogen-bond acceptors (Lipinski definition) is 7. The number of hydrogen-bond donors (Lipinski definition) is 0. The van der Waals surface area contributed by atoms with E-state index in [1.165, 1.54) is 43.5 Å². The molecule has 196 valence electrons. The van der Waals surface area contributed by atoms with E-state index in [1.54, 1.807) is 31.2 Å². The molecule has 0 aromatic heterocycles. The first-order valence-electron chi connectivity index (χ1n) is 11.2. The maximum atomic E-state index is 14.2. The van der Waals surface area contributed by atoms with Crippen LogP contribution in [0.5, 0.6) is 17.2 Å². The lowest BCUT2D eigenvalue weighted by Crippen LogP contribution is -2.28. The molecule has 3 aromatic rings. The quantitative estimate of drug-likeness (QED) is 0.162. The highest BCUT2D eigenvalue weighted by Crippen LogP contribution is 2.40. The molecule has 3 aromatic carbocycles. The molecule has 0 unspecified atom stereocenters. The highest BCUT2D eigenvalue weighted by Gasteiger charge is 2.36. The van der Waals surface area contributed by atoms with E-state index in [9.17, 15) is 18.8 Å². The van der Waals surface area contributed by atoms with Crippen LogP contribution in [0.1, 0.15) is 28.4 Å². The third kappa shape index (κ3) is 5.96. The molecule has 11 heteroatoms. The number of thioether (sulfide) groups is 1. The molecule has 4 rings (SSSR count). The molecule has 0 aliphatic carbocycles. The van der Waals surface area contributed by atoms with Gasteiger partial charge in [-0.1, -0.05) is 29.3 Å². The Hall–Kier alpha value is -3.53. The van der Waals surface area contributed by atoms with Crippen molar-refractivity contribution in [1.29, 1.82) is 0 Å². The lowest BCUT2D eigenvalue weighted by Gasteiger charge is -2.14.